The lowest BCUT2D eigenvalue weighted by atomic mass is 10.2. The summed E-state index contributed by atoms with van der Waals surface area (Å²) < 4.78 is 26.4. The van der Waals surface area contributed by atoms with Crippen LogP contribution in [0.15, 0.2) is 22.8 Å². The molecule has 0 bridgehead atoms. The fraction of sp³-hybridized carbons (Fsp3) is 0.533. The van der Waals surface area contributed by atoms with Gasteiger partial charge in [-0.05, 0) is 12.8 Å². The first-order chi connectivity index (χ1) is 11.5. The molecule has 10 heteroatoms. The van der Waals surface area contributed by atoms with Crippen molar-refractivity contribution in [2.24, 2.45) is 4.99 Å². The molecule has 0 aliphatic heterocycles. The van der Waals surface area contributed by atoms with Gasteiger partial charge in [-0.15, -0.1) is 35.3 Å². The van der Waals surface area contributed by atoms with Gasteiger partial charge in [0, 0.05) is 24.3 Å². The molecule has 0 aromatic carbocycles. The number of imidazole rings is 1. The molecular formula is C15H23F2IN6S. The van der Waals surface area contributed by atoms with Crippen LogP contribution < -0.4 is 10.6 Å². The van der Waals surface area contributed by atoms with Crippen LogP contribution in [0, 0.1) is 0 Å². The van der Waals surface area contributed by atoms with Crippen molar-refractivity contribution in [2.45, 2.75) is 46.3 Å². The summed E-state index contributed by atoms with van der Waals surface area (Å²) >= 11 is 1.59. The summed E-state index contributed by atoms with van der Waals surface area (Å²) in [6.07, 6.45) is 2.60. The van der Waals surface area contributed by atoms with Gasteiger partial charge in [0.05, 0.1) is 12.2 Å². The molecule has 0 radical (unpaired) electrons. The number of aliphatic imine (C=N–C) groups is 1. The summed E-state index contributed by atoms with van der Waals surface area (Å²) in [5.41, 5.74) is 1.07. The monoisotopic (exact) mass is 484 g/mol. The Morgan fingerprint density at radius 3 is 2.72 bits per heavy atom. The van der Waals surface area contributed by atoms with Gasteiger partial charge in [-0.1, -0.05) is 13.8 Å². The van der Waals surface area contributed by atoms with E-state index in [1.807, 2.05) is 12.3 Å². The van der Waals surface area contributed by atoms with E-state index in [9.17, 15) is 8.78 Å². The Labute approximate surface area is 167 Å². The number of guanidine groups is 1. The topological polar surface area (TPSA) is 67.1 Å². The fourth-order valence-corrected chi connectivity index (χ4v) is 2.86. The summed E-state index contributed by atoms with van der Waals surface area (Å²) in [7, 11) is 0. The third-order valence-electron chi connectivity index (χ3n) is 3.25. The first-order valence-electron chi connectivity index (χ1n) is 7.77. The van der Waals surface area contributed by atoms with Crippen LogP contribution in [0.5, 0.6) is 0 Å². The molecule has 0 atom stereocenters. The Morgan fingerprint density at radius 1 is 1.36 bits per heavy atom. The number of alkyl halides is 2. The van der Waals surface area contributed by atoms with Crippen LogP contribution >= 0.6 is 35.3 Å². The highest BCUT2D eigenvalue weighted by Crippen LogP contribution is 2.17. The number of nitrogens with one attached hydrogen (secondary N) is 2. The lowest BCUT2D eigenvalue weighted by Crippen LogP contribution is -2.36. The number of rotatable bonds is 7. The minimum atomic E-state index is -2.61. The van der Waals surface area contributed by atoms with E-state index in [1.165, 1.54) is 12.4 Å². The van der Waals surface area contributed by atoms with E-state index in [2.05, 4.69) is 39.4 Å². The predicted octanol–water partition coefficient (Wildman–Crippen LogP) is 3.73. The molecule has 0 aliphatic carbocycles. The maximum Gasteiger partial charge on any atom is 0.319 e. The molecule has 0 unspecified atom stereocenters. The maximum atomic E-state index is 12.8. The Bertz CT molecular complexity index is 671. The summed E-state index contributed by atoms with van der Waals surface area (Å²) in [5, 5.41) is 9.25. The second kappa shape index (κ2) is 10.6. The molecule has 0 fully saturated rings. The van der Waals surface area contributed by atoms with Crippen molar-refractivity contribution in [1.29, 1.82) is 0 Å². The number of nitrogens with zero attached hydrogens (tertiary/aromatic N) is 4. The van der Waals surface area contributed by atoms with Gasteiger partial charge in [0.25, 0.3) is 0 Å². The molecule has 2 heterocycles. The van der Waals surface area contributed by atoms with Crippen molar-refractivity contribution in [3.63, 3.8) is 0 Å². The highest BCUT2D eigenvalue weighted by molar-refractivity contribution is 14.0. The molecular weight excluding hydrogens is 461 g/mol. The molecule has 0 amide bonds. The zero-order valence-electron chi connectivity index (χ0n) is 14.4. The van der Waals surface area contributed by atoms with Crippen molar-refractivity contribution < 1.29 is 8.78 Å². The van der Waals surface area contributed by atoms with Gasteiger partial charge in [-0.3, -0.25) is 4.57 Å². The highest BCUT2D eigenvalue weighted by Gasteiger charge is 2.11. The normalized spacial score (nSPS) is 11.7. The van der Waals surface area contributed by atoms with Crippen LogP contribution in [0.2, 0.25) is 0 Å². The average molecular weight is 484 g/mol. The lowest BCUT2D eigenvalue weighted by Gasteiger charge is -2.10. The molecule has 0 saturated heterocycles. The van der Waals surface area contributed by atoms with Crippen molar-refractivity contribution in [1.82, 2.24) is 25.2 Å². The van der Waals surface area contributed by atoms with Crippen LogP contribution in [0.3, 0.4) is 0 Å². The van der Waals surface area contributed by atoms with Gasteiger partial charge in [-0.2, -0.15) is 8.78 Å². The van der Waals surface area contributed by atoms with Gasteiger partial charge >= 0.3 is 6.55 Å². The van der Waals surface area contributed by atoms with E-state index in [0.717, 1.165) is 15.3 Å². The van der Waals surface area contributed by atoms with Gasteiger partial charge in [0.2, 0.25) is 0 Å². The van der Waals surface area contributed by atoms with Gasteiger partial charge < -0.3 is 10.6 Å². The first kappa shape index (κ1) is 21.7. The molecule has 25 heavy (non-hydrogen) atoms. The molecule has 6 nitrogen and oxygen atoms in total. The zero-order chi connectivity index (χ0) is 17.5. The van der Waals surface area contributed by atoms with E-state index < -0.39 is 6.55 Å². The van der Waals surface area contributed by atoms with E-state index in [0.29, 0.717) is 25.0 Å². The number of aromatic nitrogens is 3. The van der Waals surface area contributed by atoms with E-state index in [1.54, 1.807) is 11.3 Å². The quantitative estimate of drug-likeness (QED) is 0.357. The minimum Gasteiger partial charge on any atom is -0.357 e. The fourth-order valence-electron chi connectivity index (χ4n) is 1.97. The Balaban J connectivity index is 0.00000312. The molecule has 0 spiro atoms. The van der Waals surface area contributed by atoms with E-state index >= 15 is 0 Å². The largest absolute Gasteiger partial charge is 0.357 e. The lowest BCUT2D eigenvalue weighted by molar-refractivity contribution is 0.0671. The maximum absolute atomic E-state index is 12.8. The molecule has 2 aromatic rings. The Morgan fingerprint density at radius 2 is 2.12 bits per heavy atom. The molecule has 2 N–H and O–H groups in total. The van der Waals surface area contributed by atoms with Gasteiger partial charge in [0.1, 0.15) is 17.4 Å². The summed E-state index contributed by atoms with van der Waals surface area (Å²) in [6, 6.07) is 0. The predicted molar refractivity (Wildman–Crippen MR) is 107 cm³/mol. The van der Waals surface area contributed by atoms with Crippen molar-refractivity contribution in [3.05, 3.63) is 34.3 Å². The summed E-state index contributed by atoms with van der Waals surface area (Å²) in [5.74, 6) is 1.16. The Kier molecular flexibility index (Phi) is 9.25. The van der Waals surface area contributed by atoms with Gasteiger partial charge in [0.15, 0.2) is 5.96 Å². The van der Waals surface area contributed by atoms with Crippen LogP contribution in [0.4, 0.5) is 8.78 Å². The van der Waals surface area contributed by atoms with Crippen LogP contribution in [0.25, 0.3) is 0 Å². The molecule has 0 saturated carbocycles. The number of thiazole rings is 1. The van der Waals surface area contributed by atoms with Gasteiger partial charge in [-0.25, -0.2) is 15.0 Å². The summed E-state index contributed by atoms with van der Waals surface area (Å²) in [6.45, 7) is 4.81. The molecule has 0 aliphatic rings. The average Bonchev–Trinajstić information content (AvgIpc) is 3.19. The zero-order valence-corrected chi connectivity index (χ0v) is 17.5. The third kappa shape index (κ3) is 6.49. The molecule has 2 aromatic heterocycles. The number of halogens is 3. The Hall–Kier alpha value is -1.30. The van der Waals surface area contributed by atoms with Crippen molar-refractivity contribution in [3.8, 4) is 0 Å². The molecule has 2 rings (SSSR count). The highest BCUT2D eigenvalue weighted by atomic mass is 127. The third-order valence-corrected chi connectivity index (χ3v) is 4.12. The van der Waals surface area contributed by atoms with E-state index in [4.69, 9.17) is 0 Å². The van der Waals surface area contributed by atoms with E-state index in [-0.39, 0.29) is 36.3 Å². The smallest absolute Gasteiger partial charge is 0.319 e. The number of hydrogen-bond donors (Lipinski definition) is 2. The number of hydrogen-bond acceptors (Lipinski definition) is 4. The standard InChI is InChI=1S/C15H22F2N6S.HI/c1-4-18-15(20-7-12-19-5-6-23(12)14(16)17)21-8-13-22-11(9-24-13)10(2)3;/h5-6,9-10,14H,4,7-8H2,1-3H3,(H2,18,20,21);1H. The van der Waals surface area contributed by atoms with Crippen LogP contribution in [0.1, 0.15) is 49.8 Å². The second-order valence-electron chi connectivity index (χ2n) is 5.40. The SMILES string of the molecule is CCNC(=NCc1nccn1C(F)F)NCc1nc(C(C)C)cs1.I. The summed E-state index contributed by atoms with van der Waals surface area (Å²) in [4.78, 5) is 12.8. The van der Waals surface area contributed by atoms with Crippen LogP contribution in [-0.4, -0.2) is 27.0 Å². The first-order valence-corrected chi connectivity index (χ1v) is 8.65. The molecule has 140 valence electrons. The second-order valence-corrected chi connectivity index (χ2v) is 6.34. The van der Waals surface area contributed by atoms with Crippen molar-refractivity contribution in [2.75, 3.05) is 6.54 Å². The van der Waals surface area contributed by atoms with Crippen molar-refractivity contribution >= 4 is 41.3 Å². The van der Waals surface area contributed by atoms with Crippen LogP contribution in [-0.2, 0) is 13.1 Å². The minimum absolute atomic E-state index is 0.